The van der Waals surface area contributed by atoms with Crippen LogP contribution in [-0.4, -0.2) is 52.3 Å². The Hall–Kier alpha value is -2.29. The number of carboxylic acid groups (broad SMARTS) is 1. The van der Waals surface area contributed by atoms with Gasteiger partial charge in [-0.25, -0.2) is 9.67 Å². The van der Waals surface area contributed by atoms with E-state index in [1.165, 1.54) is 11.8 Å². The molecule has 0 atom stereocenters. The first-order chi connectivity index (χ1) is 9.90. The molecule has 21 heavy (non-hydrogen) atoms. The fourth-order valence-electron chi connectivity index (χ4n) is 1.99. The molecule has 2 aromatic heterocycles. The summed E-state index contributed by atoms with van der Waals surface area (Å²) in [6, 6.07) is 1.67. The molecule has 2 heterocycles. The standard InChI is InChI=1S/C12H15N5O3S/c1-13-10-8(21-4)5-7-11(20)16(6-9(18)19)14-12(15(2)3)17(7)10/h5H,1,6H2,2-4H3,(H,18,19). The van der Waals surface area contributed by atoms with Gasteiger partial charge in [0.15, 0.2) is 5.82 Å². The molecule has 0 radical (unpaired) electrons. The average molecular weight is 309 g/mol. The van der Waals surface area contributed by atoms with Crippen LogP contribution in [0, 0.1) is 0 Å². The van der Waals surface area contributed by atoms with E-state index < -0.39 is 18.1 Å². The Morgan fingerprint density at radius 2 is 2.24 bits per heavy atom. The number of aliphatic carboxylic acids is 1. The first-order valence-electron chi connectivity index (χ1n) is 5.97. The number of fused-ring (bicyclic) bond motifs is 1. The van der Waals surface area contributed by atoms with Gasteiger partial charge in [-0.15, -0.1) is 16.9 Å². The van der Waals surface area contributed by atoms with E-state index >= 15 is 0 Å². The number of nitrogens with zero attached hydrogens (tertiary/aromatic N) is 5. The highest BCUT2D eigenvalue weighted by molar-refractivity contribution is 7.98. The number of hydrogen-bond acceptors (Lipinski definition) is 6. The van der Waals surface area contributed by atoms with Gasteiger partial charge in [0.25, 0.3) is 5.56 Å². The molecule has 0 saturated carbocycles. The average Bonchev–Trinajstić information content (AvgIpc) is 2.79. The second-order valence-corrected chi connectivity index (χ2v) is 5.31. The lowest BCUT2D eigenvalue weighted by molar-refractivity contribution is -0.137. The monoisotopic (exact) mass is 309 g/mol. The lowest BCUT2D eigenvalue weighted by Crippen LogP contribution is -2.31. The quantitative estimate of drug-likeness (QED) is 0.645. The smallest absolute Gasteiger partial charge is 0.325 e. The number of carboxylic acids is 1. The lowest BCUT2D eigenvalue weighted by atomic mass is 10.5. The van der Waals surface area contributed by atoms with E-state index in [1.807, 2.05) is 6.26 Å². The van der Waals surface area contributed by atoms with E-state index in [1.54, 1.807) is 29.5 Å². The van der Waals surface area contributed by atoms with E-state index in [0.29, 0.717) is 17.3 Å². The molecule has 9 heteroatoms. The molecule has 8 nitrogen and oxygen atoms in total. The number of rotatable bonds is 5. The number of carbonyl (C=O) groups is 1. The van der Waals surface area contributed by atoms with Gasteiger partial charge in [0.05, 0.1) is 4.90 Å². The number of aromatic nitrogens is 3. The molecule has 2 rings (SSSR count). The maximum atomic E-state index is 12.4. The number of anilines is 1. The first-order valence-corrected chi connectivity index (χ1v) is 7.19. The summed E-state index contributed by atoms with van der Waals surface area (Å²) in [6.07, 6.45) is 1.86. The molecule has 1 N–H and O–H groups in total. The highest BCUT2D eigenvalue weighted by Crippen LogP contribution is 2.32. The van der Waals surface area contributed by atoms with Gasteiger partial charge < -0.3 is 10.0 Å². The number of aliphatic imine (C=N–C) groups is 1. The highest BCUT2D eigenvalue weighted by Gasteiger charge is 2.19. The van der Waals surface area contributed by atoms with Crippen LogP contribution in [0.25, 0.3) is 5.52 Å². The maximum absolute atomic E-state index is 12.4. The Bertz CT molecular complexity index is 777. The normalized spacial score (nSPS) is 10.8. The van der Waals surface area contributed by atoms with Gasteiger partial charge in [0.1, 0.15) is 12.1 Å². The van der Waals surface area contributed by atoms with Crippen molar-refractivity contribution in [2.45, 2.75) is 11.4 Å². The van der Waals surface area contributed by atoms with E-state index in [0.717, 1.165) is 9.58 Å². The molecule has 0 fully saturated rings. The van der Waals surface area contributed by atoms with E-state index in [9.17, 15) is 9.59 Å². The molecule has 0 aliphatic heterocycles. The van der Waals surface area contributed by atoms with Crippen molar-refractivity contribution in [2.75, 3.05) is 25.3 Å². The van der Waals surface area contributed by atoms with Crippen molar-refractivity contribution in [3.63, 3.8) is 0 Å². The predicted molar refractivity (Wildman–Crippen MR) is 82.4 cm³/mol. The van der Waals surface area contributed by atoms with Crippen LogP contribution in [0.3, 0.4) is 0 Å². The van der Waals surface area contributed by atoms with Gasteiger partial charge >= 0.3 is 5.97 Å². The molecule has 0 spiro atoms. The van der Waals surface area contributed by atoms with Crippen LogP contribution in [-0.2, 0) is 11.3 Å². The van der Waals surface area contributed by atoms with Crippen molar-refractivity contribution in [2.24, 2.45) is 4.99 Å². The zero-order valence-corrected chi connectivity index (χ0v) is 12.7. The van der Waals surface area contributed by atoms with Crippen molar-refractivity contribution < 1.29 is 9.90 Å². The lowest BCUT2D eigenvalue weighted by Gasteiger charge is -2.16. The summed E-state index contributed by atoms with van der Waals surface area (Å²) in [6.45, 7) is 3.04. The minimum Gasteiger partial charge on any atom is -0.480 e. The van der Waals surface area contributed by atoms with Crippen molar-refractivity contribution >= 4 is 41.7 Å². The third-order valence-corrected chi connectivity index (χ3v) is 3.60. The summed E-state index contributed by atoms with van der Waals surface area (Å²) >= 11 is 1.43. The number of hydrogen-bond donors (Lipinski definition) is 1. The molecule has 0 saturated heterocycles. The van der Waals surface area contributed by atoms with E-state index in [2.05, 4.69) is 16.8 Å². The zero-order valence-electron chi connectivity index (χ0n) is 11.9. The van der Waals surface area contributed by atoms with Gasteiger partial charge in [0.2, 0.25) is 5.95 Å². The molecule has 0 bridgehead atoms. The molecule has 2 aromatic rings. The van der Waals surface area contributed by atoms with Gasteiger partial charge in [0, 0.05) is 14.1 Å². The highest BCUT2D eigenvalue weighted by atomic mass is 32.2. The van der Waals surface area contributed by atoms with Crippen LogP contribution in [0.5, 0.6) is 0 Å². The second-order valence-electron chi connectivity index (χ2n) is 4.47. The van der Waals surface area contributed by atoms with Crippen molar-refractivity contribution in [1.29, 1.82) is 0 Å². The third kappa shape index (κ3) is 2.51. The number of thioether (sulfide) groups is 1. The minimum absolute atomic E-state index is 0.321. The van der Waals surface area contributed by atoms with Gasteiger partial charge in [-0.3, -0.25) is 14.0 Å². The molecule has 0 aromatic carbocycles. The summed E-state index contributed by atoms with van der Waals surface area (Å²) in [4.78, 5) is 29.7. The van der Waals surface area contributed by atoms with Gasteiger partial charge in [-0.2, -0.15) is 0 Å². The van der Waals surface area contributed by atoms with Crippen LogP contribution in [0.1, 0.15) is 0 Å². The Morgan fingerprint density at radius 1 is 1.57 bits per heavy atom. The van der Waals surface area contributed by atoms with Crippen LogP contribution in [0.2, 0.25) is 0 Å². The topological polar surface area (TPSA) is 92.2 Å². The first kappa shape index (κ1) is 15.1. The Morgan fingerprint density at radius 3 is 2.71 bits per heavy atom. The molecule has 0 unspecified atom stereocenters. The predicted octanol–water partition coefficient (Wildman–Crippen LogP) is 0.701. The van der Waals surface area contributed by atoms with Gasteiger partial charge in [-0.1, -0.05) is 0 Å². The van der Waals surface area contributed by atoms with Crippen LogP contribution < -0.4 is 10.5 Å². The fraction of sp³-hybridized carbons (Fsp3) is 0.333. The molecular weight excluding hydrogens is 294 g/mol. The summed E-state index contributed by atoms with van der Waals surface area (Å²) in [5.74, 6) is -0.195. The Kier molecular flexibility index (Phi) is 4.03. The summed E-state index contributed by atoms with van der Waals surface area (Å²) in [5, 5.41) is 13.0. The molecule has 0 aliphatic rings. The Labute approximate surface area is 124 Å². The zero-order chi connectivity index (χ0) is 15.7. The summed E-state index contributed by atoms with van der Waals surface area (Å²) in [5.41, 5.74) is -0.157. The Balaban J connectivity index is 2.91. The maximum Gasteiger partial charge on any atom is 0.325 e. The second kappa shape index (κ2) is 5.60. The summed E-state index contributed by atoms with van der Waals surface area (Å²) < 4.78 is 2.52. The fourth-order valence-corrected chi connectivity index (χ4v) is 2.56. The largest absolute Gasteiger partial charge is 0.480 e. The van der Waals surface area contributed by atoms with E-state index in [-0.39, 0.29) is 0 Å². The van der Waals surface area contributed by atoms with Crippen LogP contribution in [0.4, 0.5) is 11.8 Å². The molecule has 0 amide bonds. The van der Waals surface area contributed by atoms with Crippen LogP contribution >= 0.6 is 11.8 Å². The van der Waals surface area contributed by atoms with Crippen molar-refractivity contribution in [3.8, 4) is 0 Å². The molecular formula is C12H15N5O3S. The SMILES string of the molecule is C=Nc1c(SC)cc2c(=O)n(CC(=O)O)nc(N(C)C)n12. The minimum atomic E-state index is -1.13. The van der Waals surface area contributed by atoms with Crippen molar-refractivity contribution in [3.05, 3.63) is 16.4 Å². The van der Waals surface area contributed by atoms with Crippen molar-refractivity contribution in [1.82, 2.24) is 14.2 Å². The van der Waals surface area contributed by atoms with E-state index in [4.69, 9.17) is 5.11 Å². The molecule has 0 aliphatic carbocycles. The molecule has 112 valence electrons. The summed E-state index contributed by atoms with van der Waals surface area (Å²) in [7, 11) is 3.51. The van der Waals surface area contributed by atoms with Gasteiger partial charge in [-0.05, 0) is 19.0 Å². The van der Waals surface area contributed by atoms with Crippen LogP contribution in [0.15, 0.2) is 20.7 Å². The third-order valence-electron chi connectivity index (χ3n) is 2.86.